The highest BCUT2D eigenvalue weighted by Crippen LogP contribution is 2.26. The Hall–Kier alpha value is -1.46. The van der Waals surface area contributed by atoms with Gasteiger partial charge in [0.2, 0.25) is 5.91 Å². The Morgan fingerprint density at radius 3 is 2.36 bits per heavy atom. The molecule has 36 heavy (non-hydrogen) atoms. The maximum Gasteiger partial charge on any atom is 0.397 e. The van der Waals surface area contributed by atoms with Crippen LogP contribution in [0.4, 0.5) is 0 Å². The quantitative estimate of drug-likeness (QED) is 0.0920. The Balaban J connectivity index is 2.92. The van der Waals surface area contributed by atoms with E-state index >= 15 is 0 Å². The summed E-state index contributed by atoms with van der Waals surface area (Å²) in [5.41, 5.74) is 0. The lowest BCUT2D eigenvalue weighted by Gasteiger charge is -2.41. The van der Waals surface area contributed by atoms with Crippen molar-refractivity contribution in [2.75, 3.05) is 13.2 Å². The molecule has 14 heteroatoms. The largest absolute Gasteiger partial charge is 0.397 e. The summed E-state index contributed by atoms with van der Waals surface area (Å²) < 4.78 is 46.2. The molecule has 1 rings (SSSR count). The van der Waals surface area contributed by atoms with Gasteiger partial charge in [0.1, 0.15) is 30.5 Å². The van der Waals surface area contributed by atoms with Gasteiger partial charge in [-0.1, -0.05) is 44.6 Å². The van der Waals surface area contributed by atoms with Crippen LogP contribution < -0.4 is 5.32 Å². The summed E-state index contributed by atoms with van der Waals surface area (Å²) in [4.78, 5) is 12.4. The van der Waals surface area contributed by atoms with Crippen molar-refractivity contribution in [1.29, 1.82) is 0 Å². The third-order valence-corrected chi connectivity index (χ3v) is 5.84. The number of rotatable bonds is 16. The Kier molecular flexibility index (Phi) is 14.8. The van der Waals surface area contributed by atoms with E-state index in [0.717, 1.165) is 6.42 Å². The van der Waals surface area contributed by atoms with E-state index in [0.29, 0.717) is 12.8 Å². The zero-order chi connectivity index (χ0) is 27.3. The van der Waals surface area contributed by atoms with Crippen LogP contribution in [-0.2, 0) is 28.9 Å². The van der Waals surface area contributed by atoms with E-state index in [4.69, 9.17) is 14.0 Å². The number of carbonyl (C=O) groups is 1. The summed E-state index contributed by atoms with van der Waals surface area (Å²) in [5.74, 6) is -0.483. The lowest BCUT2D eigenvalue weighted by atomic mass is 9.99. The van der Waals surface area contributed by atoms with Crippen LogP contribution in [-0.4, -0.2) is 107 Å². The number of allylic oxidation sites excluding steroid dienone is 3. The first-order valence-electron chi connectivity index (χ1n) is 11.8. The van der Waals surface area contributed by atoms with E-state index in [2.05, 4.69) is 9.50 Å². The van der Waals surface area contributed by atoms with E-state index in [1.165, 1.54) is 0 Å². The topological polar surface area (TPSA) is 212 Å². The van der Waals surface area contributed by atoms with Crippen molar-refractivity contribution < 1.29 is 57.0 Å². The maximum absolute atomic E-state index is 12.4. The molecule has 13 nitrogen and oxygen atoms in total. The molecule has 1 fully saturated rings. The molecular formula is C22H39NO12S. The fourth-order valence-electron chi connectivity index (χ4n) is 3.50. The second-order valence-electron chi connectivity index (χ2n) is 8.34. The van der Waals surface area contributed by atoms with Gasteiger partial charge in [-0.2, -0.15) is 8.42 Å². The normalized spacial score (nSPS) is 27.8. The molecule has 0 aromatic heterocycles. The zero-order valence-electron chi connectivity index (χ0n) is 20.4. The van der Waals surface area contributed by atoms with Crippen LogP contribution in [0.5, 0.6) is 0 Å². The smallest absolute Gasteiger partial charge is 0.394 e. The van der Waals surface area contributed by atoms with Gasteiger partial charge in [0.15, 0.2) is 6.29 Å². The number of nitrogens with one attached hydrogen (secondary N) is 1. The molecule has 0 aliphatic carbocycles. The Labute approximate surface area is 211 Å². The summed E-state index contributed by atoms with van der Waals surface area (Å²) in [6.07, 6.45) is -1.86. The van der Waals surface area contributed by atoms with Gasteiger partial charge in [-0.3, -0.25) is 9.35 Å². The Bertz CT molecular complexity index is 805. The molecule has 0 radical (unpaired) electrons. The molecule has 8 atom stereocenters. The minimum Gasteiger partial charge on any atom is -0.394 e. The number of amides is 1. The lowest BCUT2D eigenvalue weighted by molar-refractivity contribution is -0.299. The second kappa shape index (κ2) is 16.4. The van der Waals surface area contributed by atoms with Gasteiger partial charge in [0.05, 0.1) is 25.4 Å². The first kappa shape index (κ1) is 32.6. The molecule has 0 aromatic rings. The number of carbonyl (C=O) groups excluding carboxylic acids is 1. The minimum absolute atomic E-state index is 0.0152. The van der Waals surface area contributed by atoms with Crippen molar-refractivity contribution in [2.45, 2.75) is 94.9 Å². The third kappa shape index (κ3) is 11.3. The molecule has 1 aliphatic rings. The molecule has 0 aromatic carbocycles. The highest BCUT2D eigenvalue weighted by molar-refractivity contribution is 7.80. The number of hydrogen-bond acceptors (Lipinski definition) is 11. The fourth-order valence-corrected chi connectivity index (χ4v) is 4.01. The van der Waals surface area contributed by atoms with Crippen LogP contribution in [0, 0.1) is 0 Å². The number of aliphatic hydroxyl groups excluding tert-OH is 5. The third-order valence-electron chi connectivity index (χ3n) is 5.38. The zero-order valence-corrected chi connectivity index (χ0v) is 21.2. The molecule has 210 valence electrons. The predicted molar refractivity (Wildman–Crippen MR) is 127 cm³/mol. The van der Waals surface area contributed by atoms with Crippen molar-refractivity contribution in [2.24, 2.45) is 0 Å². The summed E-state index contributed by atoms with van der Waals surface area (Å²) >= 11 is 0. The molecule has 0 spiro atoms. The van der Waals surface area contributed by atoms with Crippen molar-refractivity contribution in [3.8, 4) is 0 Å². The van der Waals surface area contributed by atoms with E-state index < -0.39 is 78.5 Å². The summed E-state index contributed by atoms with van der Waals surface area (Å²) in [6.45, 7) is 2.47. The van der Waals surface area contributed by atoms with E-state index in [1.807, 2.05) is 19.1 Å². The van der Waals surface area contributed by atoms with E-state index in [9.17, 15) is 38.7 Å². The first-order valence-corrected chi connectivity index (χ1v) is 13.2. The molecule has 0 unspecified atom stereocenters. The minimum atomic E-state index is -5.09. The van der Waals surface area contributed by atoms with E-state index in [-0.39, 0.29) is 12.8 Å². The number of aliphatic hydroxyl groups is 5. The van der Waals surface area contributed by atoms with Crippen LogP contribution in [0.15, 0.2) is 24.3 Å². The molecule has 0 saturated carbocycles. The molecular weight excluding hydrogens is 502 g/mol. The predicted octanol–water partition coefficient (Wildman–Crippen LogP) is -1.06. The average molecular weight is 542 g/mol. The summed E-state index contributed by atoms with van der Waals surface area (Å²) in [7, 11) is -5.09. The van der Waals surface area contributed by atoms with Crippen LogP contribution in [0.1, 0.15) is 46.0 Å². The van der Waals surface area contributed by atoms with Gasteiger partial charge in [0.25, 0.3) is 0 Å². The molecule has 1 amide bonds. The standard InChI is InChI=1S/C22H39NO12S/c1-3-5-6-7-8-9-11-17(26)23-14(18(27)15(25)10-4-2)13-33-22-20(29)21(35-36(30,31)32)19(28)16(12-24)34-22/h5-6,8-9,14-16,18-22,24-25,27-29H,3-4,7,10-13H2,1-2H3,(H,23,26)(H,30,31,32)/t14-,15+,16+,18-,19-,20+,21-,22+/m0/s1. The van der Waals surface area contributed by atoms with Gasteiger partial charge in [-0.25, -0.2) is 4.18 Å². The van der Waals surface area contributed by atoms with Crippen LogP contribution in [0.3, 0.4) is 0 Å². The van der Waals surface area contributed by atoms with Crippen LogP contribution in [0.2, 0.25) is 0 Å². The van der Waals surface area contributed by atoms with Crippen molar-refractivity contribution >= 4 is 16.3 Å². The van der Waals surface area contributed by atoms with Gasteiger partial charge < -0.3 is 40.3 Å². The maximum atomic E-state index is 12.4. The number of hydrogen-bond donors (Lipinski definition) is 7. The highest BCUT2D eigenvalue weighted by atomic mass is 32.3. The average Bonchev–Trinajstić information content (AvgIpc) is 2.81. The highest BCUT2D eigenvalue weighted by Gasteiger charge is 2.48. The second-order valence-corrected chi connectivity index (χ2v) is 9.39. The SMILES string of the molecule is CCC=CCC=CCC(=O)N[C@@H](CO[C@@H]1O[C@H](CO)[C@H](O)[C@H](OS(=O)(=O)O)[C@H]1O)[C@H](O)[C@H](O)CCC. The lowest BCUT2D eigenvalue weighted by Crippen LogP contribution is -2.61. The van der Waals surface area contributed by atoms with Gasteiger partial charge in [-0.15, -0.1) is 0 Å². The van der Waals surface area contributed by atoms with Crippen LogP contribution in [0.25, 0.3) is 0 Å². The Morgan fingerprint density at radius 1 is 1.11 bits per heavy atom. The number of ether oxygens (including phenoxy) is 2. The Morgan fingerprint density at radius 2 is 1.78 bits per heavy atom. The molecule has 7 N–H and O–H groups in total. The van der Waals surface area contributed by atoms with Gasteiger partial charge in [0, 0.05) is 6.42 Å². The van der Waals surface area contributed by atoms with Crippen molar-refractivity contribution in [3.63, 3.8) is 0 Å². The van der Waals surface area contributed by atoms with Gasteiger partial charge >= 0.3 is 10.4 Å². The van der Waals surface area contributed by atoms with Crippen molar-refractivity contribution in [1.82, 2.24) is 5.32 Å². The fraction of sp³-hybridized carbons (Fsp3) is 0.773. The van der Waals surface area contributed by atoms with Gasteiger partial charge in [-0.05, 0) is 19.3 Å². The summed E-state index contributed by atoms with van der Waals surface area (Å²) in [5, 5.41) is 53.3. The molecule has 0 bridgehead atoms. The van der Waals surface area contributed by atoms with Crippen molar-refractivity contribution in [3.05, 3.63) is 24.3 Å². The molecule has 1 heterocycles. The van der Waals surface area contributed by atoms with Crippen LogP contribution >= 0.6 is 0 Å². The molecule has 1 aliphatic heterocycles. The first-order chi connectivity index (χ1) is 16.9. The summed E-state index contributed by atoms with van der Waals surface area (Å²) in [6, 6.07) is -1.16. The molecule has 1 saturated heterocycles. The van der Waals surface area contributed by atoms with E-state index in [1.54, 1.807) is 19.1 Å². The monoisotopic (exact) mass is 541 g/mol.